The van der Waals surface area contributed by atoms with Gasteiger partial charge in [0.2, 0.25) is 4.77 Å². The van der Waals surface area contributed by atoms with E-state index in [2.05, 4.69) is 15.3 Å². The third-order valence-electron chi connectivity index (χ3n) is 3.76. The second kappa shape index (κ2) is 7.83. The Kier molecular flexibility index (Phi) is 5.33. The van der Waals surface area contributed by atoms with Gasteiger partial charge in [0.1, 0.15) is 5.75 Å². The van der Waals surface area contributed by atoms with Crippen molar-refractivity contribution in [1.82, 2.24) is 14.9 Å². The summed E-state index contributed by atoms with van der Waals surface area (Å²) >= 11 is 5.26. The van der Waals surface area contributed by atoms with Crippen LogP contribution in [0.5, 0.6) is 17.2 Å². The van der Waals surface area contributed by atoms with Crippen LogP contribution in [-0.4, -0.2) is 40.4 Å². The summed E-state index contributed by atoms with van der Waals surface area (Å²) in [6.45, 7) is 0. The van der Waals surface area contributed by atoms with Crippen LogP contribution in [-0.2, 0) is 6.42 Å². The quantitative estimate of drug-likeness (QED) is 0.514. The molecule has 3 aromatic rings. The lowest BCUT2D eigenvalue weighted by Crippen LogP contribution is -2.00. The highest BCUT2D eigenvalue weighted by molar-refractivity contribution is 7.71. The number of rotatable bonds is 6. The summed E-state index contributed by atoms with van der Waals surface area (Å²) in [5.41, 5.74) is 1.82. The van der Waals surface area contributed by atoms with Crippen molar-refractivity contribution in [3.8, 4) is 17.2 Å². The van der Waals surface area contributed by atoms with Gasteiger partial charge in [-0.15, -0.1) is 0 Å². The van der Waals surface area contributed by atoms with Crippen molar-refractivity contribution >= 4 is 18.4 Å². The smallest absolute Gasteiger partial charge is 0.216 e. The molecule has 134 valence electrons. The number of hydrogen-bond donors (Lipinski definition) is 2. The van der Waals surface area contributed by atoms with E-state index in [9.17, 15) is 5.11 Å². The SMILES string of the molecule is COc1ccc(Cc2n[nH]c(=S)n2/N=C/c2ccc(O)c(OC)c2)cc1. The van der Waals surface area contributed by atoms with Crippen LogP contribution in [0.4, 0.5) is 0 Å². The molecule has 0 aliphatic heterocycles. The van der Waals surface area contributed by atoms with Gasteiger partial charge in [-0.25, -0.2) is 0 Å². The van der Waals surface area contributed by atoms with E-state index in [4.69, 9.17) is 21.7 Å². The Morgan fingerprint density at radius 2 is 1.96 bits per heavy atom. The normalized spacial score (nSPS) is 11.0. The molecule has 1 heterocycles. The molecular formula is C18H18N4O3S. The summed E-state index contributed by atoms with van der Waals surface area (Å²) in [4.78, 5) is 0. The number of hydrogen-bond acceptors (Lipinski definition) is 6. The Morgan fingerprint density at radius 1 is 1.19 bits per heavy atom. The summed E-state index contributed by atoms with van der Waals surface area (Å²) in [6.07, 6.45) is 2.19. The molecule has 0 atom stereocenters. The molecule has 26 heavy (non-hydrogen) atoms. The molecule has 0 bridgehead atoms. The first kappa shape index (κ1) is 17.7. The minimum Gasteiger partial charge on any atom is -0.504 e. The number of ether oxygens (including phenoxy) is 2. The van der Waals surface area contributed by atoms with Gasteiger partial charge in [-0.3, -0.25) is 5.10 Å². The van der Waals surface area contributed by atoms with Crippen LogP contribution in [0.2, 0.25) is 0 Å². The van der Waals surface area contributed by atoms with Crippen molar-refractivity contribution in [2.24, 2.45) is 5.10 Å². The van der Waals surface area contributed by atoms with Crippen LogP contribution in [0.1, 0.15) is 17.0 Å². The Bertz CT molecular complexity index is 977. The van der Waals surface area contributed by atoms with Crippen LogP contribution in [0.3, 0.4) is 0 Å². The molecule has 1 aromatic heterocycles. The van der Waals surface area contributed by atoms with Crippen molar-refractivity contribution in [1.29, 1.82) is 0 Å². The van der Waals surface area contributed by atoms with E-state index in [0.717, 1.165) is 16.9 Å². The van der Waals surface area contributed by atoms with Crippen molar-refractivity contribution in [3.05, 3.63) is 64.2 Å². The van der Waals surface area contributed by atoms with Gasteiger partial charge < -0.3 is 14.6 Å². The predicted molar refractivity (Wildman–Crippen MR) is 101 cm³/mol. The summed E-state index contributed by atoms with van der Waals surface area (Å²) in [5.74, 6) is 1.93. The number of phenols is 1. The van der Waals surface area contributed by atoms with Gasteiger partial charge in [0.25, 0.3) is 0 Å². The number of nitrogens with one attached hydrogen (secondary N) is 1. The molecule has 7 nitrogen and oxygen atoms in total. The lowest BCUT2D eigenvalue weighted by molar-refractivity contribution is 0.373. The number of aromatic nitrogens is 3. The van der Waals surface area contributed by atoms with Crippen LogP contribution in [0.25, 0.3) is 0 Å². The van der Waals surface area contributed by atoms with E-state index in [1.807, 2.05) is 24.3 Å². The van der Waals surface area contributed by atoms with Crippen molar-refractivity contribution in [2.75, 3.05) is 14.2 Å². The first-order chi connectivity index (χ1) is 12.6. The van der Waals surface area contributed by atoms with E-state index in [0.29, 0.717) is 22.8 Å². The van der Waals surface area contributed by atoms with Gasteiger partial charge in [0.15, 0.2) is 17.3 Å². The zero-order valence-electron chi connectivity index (χ0n) is 14.3. The molecule has 0 fully saturated rings. The Hall–Kier alpha value is -3.13. The number of aromatic hydroxyl groups is 1. The van der Waals surface area contributed by atoms with E-state index in [1.54, 1.807) is 36.2 Å². The van der Waals surface area contributed by atoms with E-state index < -0.39 is 0 Å². The molecule has 0 aliphatic rings. The number of phenolic OH excluding ortho intramolecular Hbond substituents is 1. The van der Waals surface area contributed by atoms with Crippen LogP contribution in [0, 0.1) is 4.77 Å². The fourth-order valence-electron chi connectivity index (χ4n) is 2.38. The van der Waals surface area contributed by atoms with Gasteiger partial charge >= 0.3 is 0 Å². The molecule has 3 rings (SSSR count). The Labute approximate surface area is 155 Å². The van der Waals surface area contributed by atoms with Gasteiger partial charge in [0.05, 0.1) is 20.4 Å². The third-order valence-corrected chi connectivity index (χ3v) is 4.03. The number of aromatic amines is 1. The minimum absolute atomic E-state index is 0.0739. The molecule has 2 N–H and O–H groups in total. The second-order valence-corrected chi connectivity index (χ2v) is 5.84. The molecule has 0 radical (unpaired) electrons. The zero-order chi connectivity index (χ0) is 18.5. The molecule has 0 saturated carbocycles. The van der Waals surface area contributed by atoms with Crippen molar-refractivity contribution < 1.29 is 14.6 Å². The Morgan fingerprint density at radius 3 is 2.65 bits per heavy atom. The number of benzene rings is 2. The molecular weight excluding hydrogens is 352 g/mol. The standard InChI is InChI=1S/C18H18N4O3S/c1-24-14-6-3-12(4-7-14)10-17-20-21-18(26)22(17)19-11-13-5-8-15(23)16(9-13)25-2/h3-9,11,23H,10H2,1-2H3,(H,21,26)/b19-11+. The number of H-pyrrole nitrogens is 1. The first-order valence-electron chi connectivity index (χ1n) is 7.81. The largest absolute Gasteiger partial charge is 0.504 e. The summed E-state index contributed by atoms with van der Waals surface area (Å²) < 4.78 is 12.2. The van der Waals surface area contributed by atoms with Crippen LogP contribution >= 0.6 is 12.2 Å². The summed E-state index contributed by atoms with van der Waals surface area (Å²) in [7, 11) is 3.13. The highest BCUT2D eigenvalue weighted by Gasteiger charge is 2.07. The maximum Gasteiger partial charge on any atom is 0.216 e. The fourth-order valence-corrected chi connectivity index (χ4v) is 2.58. The molecule has 0 aliphatic carbocycles. The summed E-state index contributed by atoms with van der Waals surface area (Å²) in [6, 6.07) is 12.7. The molecule has 0 unspecified atom stereocenters. The van der Waals surface area contributed by atoms with E-state index >= 15 is 0 Å². The molecule has 0 saturated heterocycles. The number of nitrogens with zero attached hydrogens (tertiary/aromatic N) is 3. The molecule has 8 heteroatoms. The van der Waals surface area contributed by atoms with Crippen molar-refractivity contribution in [3.63, 3.8) is 0 Å². The average Bonchev–Trinajstić information content (AvgIpc) is 3.01. The van der Waals surface area contributed by atoms with Gasteiger partial charge in [-0.05, 0) is 53.7 Å². The lowest BCUT2D eigenvalue weighted by atomic mass is 10.1. The van der Waals surface area contributed by atoms with Crippen LogP contribution in [0.15, 0.2) is 47.6 Å². The zero-order valence-corrected chi connectivity index (χ0v) is 15.2. The maximum absolute atomic E-state index is 9.66. The molecule has 0 spiro atoms. The highest BCUT2D eigenvalue weighted by Crippen LogP contribution is 2.25. The third kappa shape index (κ3) is 3.92. The molecule has 2 aromatic carbocycles. The van der Waals surface area contributed by atoms with Gasteiger partial charge in [-0.1, -0.05) is 12.1 Å². The lowest BCUT2D eigenvalue weighted by Gasteiger charge is -2.04. The predicted octanol–water partition coefficient (Wildman–Crippen LogP) is 3.14. The minimum atomic E-state index is 0.0739. The highest BCUT2D eigenvalue weighted by atomic mass is 32.1. The average molecular weight is 370 g/mol. The first-order valence-corrected chi connectivity index (χ1v) is 8.22. The van der Waals surface area contributed by atoms with Crippen molar-refractivity contribution in [2.45, 2.75) is 6.42 Å². The van der Waals surface area contributed by atoms with E-state index in [-0.39, 0.29) is 5.75 Å². The maximum atomic E-state index is 9.66. The topological polar surface area (TPSA) is 84.7 Å². The molecule has 0 amide bonds. The number of methoxy groups -OCH3 is 2. The second-order valence-electron chi connectivity index (χ2n) is 5.46. The monoisotopic (exact) mass is 370 g/mol. The van der Waals surface area contributed by atoms with Crippen LogP contribution < -0.4 is 9.47 Å². The van der Waals surface area contributed by atoms with E-state index in [1.165, 1.54) is 7.11 Å². The summed E-state index contributed by atoms with van der Waals surface area (Å²) in [5, 5.41) is 21.1. The fraction of sp³-hybridized carbons (Fsp3) is 0.167. The van der Waals surface area contributed by atoms with Gasteiger partial charge in [0, 0.05) is 6.42 Å². The Balaban J connectivity index is 1.84. The van der Waals surface area contributed by atoms with Gasteiger partial charge in [-0.2, -0.15) is 14.9 Å².